The van der Waals surface area contributed by atoms with Crippen LogP contribution in [0.3, 0.4) is 0 Å². The van der Waals surface area contributed by atoms with Crippen LogP contribution in [0.5, 0.6) is 0 Å². The van der Waals surface area contributed by atoms with E-state index in [9.17, 15) is 9.59 Å². The highest BCUT2D eigenvalue weighted by atomic mass is 16.4. The highest BCUT2D eigenvalue weighted by Gasteiger charge is 2.34. The maximum atomic E-state index is 12.1. The quantitative estimate of drug-likeness (QED) is 0.900. The van der Waals surface area contributed by atoms with Crippen LogP contribution in [0.4, 0.5) is 0 Å². The summed E-state index contributed by atoms with van der Waals surface area (Å²) in [5.41, 5.74) is 2.31. The van der Waals surface area contributed by atoms with E-state index in [0.29, 0.717) is 12.8 Å². The molecule has 1 N–H and O–H groups in total. The zero-order chi connectivity index (χ0) is 15.5. The number of hydrogen-bond acceptors (Lipinski definition) is 2. The minimum Gasteiger partial charge on any atom is -0.480 e. The third-order valence-electron chi connectivity index (χ3n) is 3.84. The number of amides is 1. The minimum absolute atomic E-state index is 0.155. The number of rotatable bonds is 5. The van der Waals surface area contributed by atoms with Gasteiger partial charge in [-0.05, 0) is 45.2 Å². The van der Waals surface area contributed by atoms with Gasteiger partial charge in [-0.1, -0.05) is 23.8 Å². The van der Waals surface area contributed by atoms with Gasteiger partial charge in [-0.3, -0.25) is 4.79 Å². The van der Waals surface area contributed by atoms with E-state index in [0.717, 1.165) is 11.1 Å². The fraction of sp³-hybridized carbons (Fsp3) is 0.500. The number of likely N-dealkylation sites (N-methyl/N-ethyl adjacent to an activating group) is 1. The molecule has 0 unspecified atom stereocenters. The lowest BCUT2D eigenvalue weighted by molar-refractivity contribution is -0.155. The lowest BCUT2D eigenvalue weighted by Gasteiger charge is -2.31. The molecule has 1 rings (SSSR count). The molecule has 0 bridgehead atoms. The second-order valence-corrected chi connectivity index (χ2v) is 5.75. The molecular weight excluding hydrogens is 254 g/mol. The molecule has 0 radical (unpaired) electrons. The van der Waals surface area contributed by atoms with Gasteiger partial charge in [0.25, 0.3) is 0 Å². The molecule has 0 spiro atoms. The minimum atomic E-state index is -1.18. The number of nitrogens with zero attached hydrogens (tertiary/aromatic N) is 1. The molecule has 110 valence electrons. The van der Waals surface area contributed by atoms with Crippen molar-refractivity contribution in [3.05, 3.63) is 34.9 Å². The molecule has 0 aromatic heterocycles. The monoisotopic (exact) mass is 277 g/mol. The van der Waals surface area contributed by atoms with E-state index < -0.39 is 11.5 Å². The molecule has 4 nitrogen and oxygen atoms in total. The van der Waals surface area contributed by atoms with Crippen molar-refractivity contribution >= 4 is 11.9 Å². The summed E-state index contributed by atoms with van der Waals surface area (Å²) in [6.07, 6.45) is 0.947. The summed E-state index contributed by atoms with van der Waals surface area (Å²) < 4.78 is 0. The zero-order valence-corrected chi connectivity index (χ0v) is 12.9. The molecule has 0 saturated carbocycles. The lowest BCUT2D eigenvalue weighted by Crippen LogP contribution is -2.50. The number of carboxylic acid groups (broad SMARTS) is 1. The van der Waals surface area contributed by atoms with Gasteiger partial charge in [0, 0.05) is 13.5 Å². The highest BCUT2D eigenvalue weighted by molar-refractivity contribution is 5.86. The third-order valence-corrected chi connectivity index (χ3v) is 3.84. The number of aryl methyl sites for hydroxylation is 3. The zero-order valence-electron chi connectivity index (χ0n) is 12.9. The molecule has 4 heteroatoms. The molecule has 0 heterocycles. The second kappa shape index (κ2) is 6.07. The Kier molecular flexibility index (Phi) is 4.93. The highest BCUT2D eigenvalue weighted by Crippen LogP contribution is 2.17. The van der Waals surface area contributed by atoms with Gasteiger partial charge in [0.05, 0.1) is 0 Å². The van der Waals surface area contributed by atoms with Crippen LogP contribution in [0, 0.1) is 13.8 Å². The molecule has 0 aliphatic heterocycles. The summed E-state index contributed by atoms with van der Waals surface area (Å²) >= 11 is 0. The Morgan fingerprint density at radius 3 is 2.35 bits per heavy atom. The summed E-state index contributed by atoms with van der Waals surface area (Å²) in [6.45, 7) is 7.12. The molecule has 0 aliphatic rings. The van der Waals surface area contributed by atoms with Crippen molar-refractivity contribution in [3.63, 3.8) is 0 Å². The Morgan fingerprint density at radius 2 is 1.85 bits per heavy atom. The van der Waals surface area contributed by atoms with Crippen LogP contribution < -0.4 is 0 Å². The fourth-order valence-corrected chi connectivity index (χ4v) is 1.99. The number of hydrogen-bond donors (Lipinski definition) is 1. The van der Waals surface area contributed by atoms with Gasteiger partial charge in [-0.25, -0.2) is 4.79 Å². The molecule has 0 fully saturated rings. The predicted molar refractivity (Wildman–Crippen MR) is 78.7 cm³/mol. The van der Waals surface area contributed by atoms with E-state index in [-0.39, 0.29) is 5.91 Å². The van der Waals surface area contributed by atoms with Gasteiger partial charge < -0.3 is 10.0 Å². The van der Waals surface area contributed by atoms with Crippen molar-refractivity contribution in [2.75, 3.05) is 7.05 Å². The van der Waals surface area contributed by atoms with Gasteiger partial charge in [-0.2, -0.15) is 0 Å². The molecule has 1 amide bonds. The van der Waals surface area contributed by atoms with Crippen molar-refractivity contribution in [1.82, 2.24) is 4.90 Å². The van der Waals surface area contributed by atoms with Gasteiger partial charge in [0.1, 0.15) is 5.54 Å². The van der Waals surface area contributed by atoms with Crippen LogP contribution in [0.1, 0.15) is 37.0 Å². The Labute approximate surface area is 120 Å². The Hall–Kier alpha value is -1.84. The first-order valence-corrected chi connectivity index (χ1v) is 6.72. The summed E-state index contributed by atoms with van der Waals surface area (Å²) in [5, 5.41) is 9.13. The van der Waals surface area contributed by atoms with Gasteiger partial charge in [-0.15, -0.1) is 0 Å². The summed E-state index contributed by atoms with van der Waals surface area (Å²) in [6, 6.07) is 6.14. The first kappa shape index (κ1) is 16.2. The SMILES string of the molecule is Cc1ccc(CCC(=O)N(C)C(C)(C)C(=O)O)c(C)c1. The van der Waals surface area contributed by atoms with Crippen LogP contribution in [0.2, 0.25) is 0 Å². The van der Waals surface area contributed by atoms with E-state index in [1.54, 1.807) is 7.05 Å². The molecule has 1 aromatic rings. The van der Waals surface area contributed by atoms with E-state index >= 15 is 0 Å². The van der Waals surface area contributed by atoms with Crippen LogP contribution in [-0.4, -0.2) is 34.5 Å². The maximum absolute atomic E-state index is 12.1. The number of carboxylic acids is 1. The summed E-state index contributed by atoms with van der Waals surface area (Å²) in [4.78, 5) is 24.6. The number of carbonyl (C=O) groups excluding carboxylic acids is 1. The first-order chi connectivity index (χ1) is 9.16. The molecule has 20 heavy (non-hydrogen) atoms. The van der Waals surface area contributed by atoms with Crippen molar-refractivity contribution in [2.24, 2.45) is 0 Å². The average Bonchev–Trinajstić information content (AvgIpc) is 2.36. The molecule has 0 atom stereocenters. The third kappa shape index (κ3) is 3.59. The Bertz CT molecular complexity index is 520. The maximum Gasteiger partial charge on any atom is 0.329 e. The Balaban J connectivity index is 2.70. The summed E-state index contributed by atoms with van der Waals surface area (Å²) in [7, 11) is 1.54. The van der Waals surface area contributed by atoms with E-state index in [1.807, 2.05) is 26.0 Å². The predicted octanol–water partition coefficient (Wildman–Crippen LogP) is 2.56. The van der Waals surface area contributed by atoms with E-state index in [1.165, 1.54) is 24.3 Å². The smallest absolute Gasteiger partial charge is 0.329 e. The fourth-order valence-electron chi connectivity index (χ4n) is 1.99. The van der Waals surface area contributed by atoms with E-state index in [4.69, 9.17) is 5.11 Å². The normalized spacial score (nSPS) is 11.2. The largest absolute Gasteiger partial charge is 0.480 e. The average molecular weight is 277 g/mol. The van der Waals surface area contributed by atoms with Crippen molar-refractivity contribution in [3.8, 4) is 0 Å². The molecule has 1 aromatic carbocycles. The van der Waals surface area contributed by atoms with Crippen LogP contribution in [-0.2, 0) is 16.0 Å². The first-order valence-electron chi connectivity index (χ1n) is 6.72. The van der Waals surface area contributed by atoms with Crippen molar-refractivity contribution in [2.45, 2.75) is 46.1 Å². The molecular formula is C16H23NO3. The number of carbonyl (C=O) groups is 2. The Morgan fingerprint density at radius 1 is 1.25 bits per heavy atom. The van der Waals surface area contributed by atoms with Crippen LogP contribution in [0.25, 0.3) is 0 Å². The molecule has 0 aliphatic carbocycles. The number of aliphatic carboxylic acids is 1. The van der Waals surface area contributed by atoms with E-state index in [2.05, 4.69) is 6.07 Å². The number of benzene rings is 1. The lowest BCUT2D eigenvalue weighted by atomic mass is 9.99. The van der Waals surface area contributed by atoms with Gasteiger partial charge >= 0.3 is 5.97 Å². The van der Waals surface area contributed by atoms with Crippen molar-refractivity contribution < 1.29 is 14.7 Å². The van der Waals surface area contributed by atoms with Crippen LogP contribution >= 0.6 is 0 Å². The summed E-state index contributed by atoms with van der Waals surface area (Å²) in [5.74, 6) is -1.16. The molecule has 0 saturated heterocycles. The second-order valence-electron chi connectivity index (χ2n) is 5.75. The van der Waals surface area contributed by atoms with Crippen molar-refractivity contribution in [1.29, 1.82) is 0 Å². The van der Waals surface area contributed by atoms with Gasteiger partial charge in [0.15, 0.2) is 0 Å². The topological polar surface area (TPSA) is 57.6 Å². The standard InChI is InChI=1S/C16H23NO3/c1-11-6-7-13(12(2)10-11)8-9-14(18)17(5)16(3,4)15(19)20/h6-7,10H,8-9H2,1-5H3,(H,19,20). The van der Waals surface area contributed by atoms with Gasteiger partial charge in [0.2, 0.25) is 5.91 Å². The van der Waals surface area contributed by atoms with Crippen LogP contribution in [0.15, 0.2) is 18.2 Å².